The quantitative estimate of drug-likeness (QED) is 0.709. The van der Waals surface area contributed by atoms with Crippen LogP contribution >= 0.6 is 0 Å². The fourth-order valence-corrected chi connectivity index (χ4v) is 3.15. The van der Waals surface area contributed by atoms with Gasteiger partial charge in [0.2, 0.25) is 5.91 Å². The van der Waals surface area contributed by atoms with E-state index in [1.165, 1.54) is 11.0 Å². The molecule has 0 heterocycles. The maximum Gasteiger partial charge on any atom is 0.261 e. The van der Waals surface area contributed by atoms with Crippen molar-refractivity contribution in [3.05, 3.63) is 65.5 Å². The minimum atomic E-state index is -0.765. The summed E-state index contributed by atoms with van der Waals surface area (Å²) in [5.74, 6) is -0.481. The van der Waals surface area contributed by atoms with Gasteiger partial charge in [-0.25, -0.2) is 4.39 Å². The molecule has 5 nitrogen and oxygen atoms in total. The van der Waals surface area contributed by atoms with Crippen LogP contribution in [0.15, 0.2) is 48.5 Å². The summed E-state index contributed by atoms with van der Waals surface area (Å²) in [6.07, 6.45) is 0. The number of carbonyl (C=O) groups is 2. The van der Waals surface area contributed by atoms with Crippen molar-refractivity contribution in [3.8, 4) is 5.75 Å². The molecule has 2 amide bonds. The monoisotopic (exact) mass is 414 g/mol. The van der Waals surface area contributed by atoms with Gasteiger partial charge in [0.25, 0.3) is 5.91 Å². The average Bonchev–Trinajstić information content (AvgIpc) is 2.70. The van der Waals surface area contributed by atoms with Crippen LogP contribution in [0.1, 0.15) is 45.7 Å². The molecule has 0 unspecified atom stereocenters. The predicted octanol–water partition coefficient (Wildman–Crippen LogP) is 4.06. The highest BCUT2D eigenvalue weighted by Crippen LogP contribution is 2.31. The van der Waals surface area contributed by atoms with E-state index in [2.05, 4.69) is 26.1 Å². The van der Waals surface area contributed by atoms with E-state index in [9.17, 15) is 14.0 Å². The fraction of sp³-hybridized carbons (Fsp3) is 0.417. The molecule has 162 valence electrons. The number of nitrogens with one attached hydrogen (secondary N) is 1. The first kappa shape index (κ1) is 23.4. The molecule has 0 aliphatic heterocycles. The molecule has 1 atom stereocenters. The van der Waals surface area contributed by atoms with Crippen molar-refractivity contribution in [1.82, 2.24) is 10.2 Å². The lowest BCUT2D eigenvalue weighted by atomic mass is 9.86. The molecule has 0 aliphatic rings. The third kappa shape index (κ3) is 6.05. The van der Waals surface area contributed by atoms with Crippen LogP contribution in [0.2, 0.25) is 0 Å². The third-order valence-corrected chi connectivity index (χ3v) is 4.86. The Morgan fingerprint density at radius 1 is 1.10 bits per heavy atom. The lowest BCUT2D eigenvalue weighted by molar-refractivity contribution is -0.142. The molecule has 2 rings (SSSR count). The molecule has 0 radical (unpaired) electrons. The topological polar surface area (TPSA) is 58.6 Å². The van der Waals surface area contributed by atoms with Gasteiger partial charge < -0.3 is 15.0 Å². The van der Waals surface area contributed by atoms with Gasteiger partial charge in [-0.05, 0) is 37.0 Å². The number of benzene rings is 2. The second-order valence-corrected chi connectivity index (χ2v) is 8.22. The summed E-state index contributed by atoms with van der Waals surface area (Å²) in [7, 11) is 0. The summed E-state index contributed by atoms with van der Waals surface area (Å²) >= 11 is 0. The molecule has 2 aromatic rings. The zero-order chi connectivity index (χ0) is 22.3. The number of ether oxygens (including phenoxy) is 1. The number of carbonyl (C=O) groups excluding carboxylic acids is 2. The Balaban J connectivity index is 2.23. The van der Waals surface area contributed by atoms with Gasteiger partial charge in [-0.2, -0.15) is 0 Å². The van der Waals surface area contributed by atoms with Gasteiger partial charge in [-0.1, -0.05) is 57.2 Å². The van der Waals surface area contributed by atoms with Crippen LogP contribution in [0.25, 0.3) is 0 Å². The summed E-state index contributed by atoms with van der Waals surface area (Å²) in [6, 6.07) is 13.0. The SMILES string of the molecule is CCNC(=O)[C@@H](C)N(Cc1ccccc1F)C(=O)COc1ccccc1C(C)(C)C. The summed E-state index contributed by atoms with van der Waals surface area (Å²) in [4.78, 5) is 26.8. The Kier molecular flexibility index (Phi) is 7.98. The molecule has 0 aromatic heterocycles. The van der Waals surface area contributed by atoms with Crippen molar-refractivity contribution in [2.75, 3.05) is 13.2 Å². The van der Waals surface area contributed by atoms with Gasteiger partial charge in [0.15, 0.2) is 6.61 Å². The molecule has 0 spiro atoms. The van der Waals surface area contributed by atoms with Crippen molar-refractivity contribution in [3.63, 3.8) is 0 Å². The summed E-state index contributed by atoms with van der Waals surface area (Å²) in [6.45, 7) is 9.82. The van der Waals surface area contributed by atoms with Crippen LogP contribution in [0.3, 0.4) is 0 Å². The molecule has 1 N–H and O–H groups in total. The first-order valence-electron chi connectivity index (χ1n) is 10.2. The van der Waals surface area contributed by atoms with Gasteiger partial charge in [0.1, 0.15) is 17.6 Å². The van der Waals surface area contributed by atoms with E-state index in [1.54, 1.807) is 32.0 Å². The van der Waals surface area contributed by atoms with Crippen molar-refractivity contribution in [1.29, 1.82) is 0 Å². The van der Waals surface area contributed by atoms with Gasteiger partial charge in [-0.3, -0.25) is 9.59 Å². The number of para-hydroxylation sites is 1. The number of hydrogen-bond donors (Lipinski definition) is 1. The number of hydrogen-bond acceptors (Lipinski definition) is 3. The Morgan fingerprint density at radius 3 is 2.37 bits per heavy atom. The van der Waals surface area contributed by atoms with Crippen molar-refractivity contribution in [2.24, 2.45) is 0 Å². The molecule has 0 aliphatic carbocycles. The Bertz CT molecular complexity index is 877. The number of rotatable bonds is 8. The van der Waals surface area contributed by atoms with E-state index < -0.39 is 11.9 Å². The predicted molar refractivity (Wildman–Crippen MR) is 116 cm³/mol. The van der Waals surface area contributed by atoms with Gasteiger partial charge in [0, 0.05) is 18.7 Å². The van der Waals surface area contributed by atoms with Gasteiger partial charge in [0.05, 0.1) is 0 Å². The molecule has 6 heteroatoms. The Morgan fingerprint density at radius 2 is 1.73 bits per heavy atom. The highest BCUT2D eigenvalue weighted by Gasteiger charge is 2.27. The lowest BCUT2D eigenvalue weighted by Crippen LogP contribution is -2.49. The summed E-state index contributed by atoms with van der Waals surface area (Å²) in [5.41, 5.74) is 1.17. The first-order chi connectivity index (χ1) is 14.1. The van der Waals surface area contributed by atoms with Crippen LogP contribution in [0.5, 0.6) is 5.75 Å². The molecular formula is C24H31FN2O3. The average molecular weight is 415 g/mol. The molecule has 0 bridgehead atoms. The third-order valence-electron chi connectivity index (χ3n) is 4.86. The van der Waals surface area contributed by atoms with E-state index >= 15 is 0 Å². The lowest BCUT2D eigenvalue weighted by Gasteiger charge is -2.29. The zero-order valence-electron chi connectivity index (χ0n) is 18.4. The zero-order valence-corrected chi connectivity index (χ0v) is 18.4. The summed E-state index contributed by atoms with van der Waals surface area (Å²) < 4.78 is 20.0. The van der Waals surface area contributed by atoms with E-state index in [-0.39, 0.29) is 30.4 Å². The molecule has 2 aromatic carbocycles. The van der Waals surface area contributed by atoms with Crippen molar-refractivity contribution >= 4 is 11.8 Å². The maximum atomic E-state index is 14.2. The number of halogens is 1. The Labute approximate surface area is 178 Å². The van der Waals surface area contributed by atoms with E-state index in [4.69, 9.17) is 4.74 Å². The van der Waals surface area contributed by atoms with E-state index in [1.807, 2.05) is 24.3 Å². The maximum absolute atomic E-state index is 14.2. The van der Waals surface area contributed by atoms with E-state index in [0.717, 1.165) is 5.56 Å². The van der Waals surface area contributed by atoms with Crippen LogP contribution in [0, 0.1) is 5.82 Å². The minimum Gasteiger partial charge on any atom is -0.483 e. The molecule has 0 saturated heterocycles. The second-order valence-electron chi connectivity index (χ2n) is 8.22. The highest BCUT2D eigenvalue weighted by atomic mass is 19.1. The number of amides is 2. The second kappa shape index (κ2) is 10.2. The molecular weight excluding hydrogens is 383 g/mol. The van der Waals surface area contributed by atoms with Crippen LogP contribution in [0.4, 0.5) is 4.39 Å². The van der Waals surface area contributed by atoms with Crippen LogP contribution < -0.4 is 10.1 Å². The summed E-state index contributed by atoms with van der Waals surface area (Å²) in [5, 5.41) is 2.72. The highest BCUT2D eigenvalue weighted by molar-refractivity contribution is 5.87. The Hall–Kier alpha value is -2.89. The molecule has 0 fully saturated rings. The normalized spacial score (nSPS) is 12.2. The smallest absolute Gasteiger partial charge is 0.261 e. The standard InChI is InChI=1S/C24H31FN2O3/c1-6-26-23(29)17(2)27(15-18-11-7-9-13-20(18)25)22(28)16-30-21-14-10-8-12-19(21)24(3,4)5/h7-14,17H,6,15-16H2,1-5H3,(H,26,29)/t17-/m1/s1. The van der Waals surface area contributed by atoms with Crippen molar-refractivity contribution in [2.45, 2.75) is 52.6 Å². The number of nitrogens with zero attached hydrogens (tertiary/aromatic N) is 1. The number of likely N-dealkylation sites (N-methyl/N-ethyl adjacent to an activating group) is 1. The van der Waals surface area contributed by atoms with Gasteiger partial charge >= 0.3 is 0 Å². The minimum absolute atomic E-state index is 0.0198. The van der Waals surface area contributed by atoms with Crippen molar-refractivity contribution < 1.29 is 18.7 Å². The van der Waals surface area contributed by atoms with Crippen LogP contribution in [-0.4, -0.2) is 35.9 Å². The van der Waals surface area contributed by atoms with Crippen LogP contribution in [-0.2, 0) is 21.5 Å². The largest absolute Gasteiger partial charge is 0.483 e. The first-order valence-corrected chi connectivity index (χ1v) is 10.2. The molecule has 0 saturated carbocycles. The van der Waals surface area contributed by atoms with E-state index in [0.29, 0.717) is 17.9 Å². The molecule has 30 heavy (non-hydrogen) atoms. The van der Waals surface area contributed by atoms with Gasteiger partial charge in [-0.15, -0.1) is 0 Å². The fourth-order valence-electron chi connectivity index (χ4n) is 3.15.